The number of rotatable bonds is 3. The van der Waals surface area contributed by atoms with E-state index < -0.39 is 0 Å². The van der Waals surface area contributed by atoms with Gasteiger partial charge in [0.1, 0.15) is 12.6 Å². The molecule has 4 nitrogen and oxygen atoms in total. The zero-order valence-electron chi connectivity index (χ0n) is 14.9. The maximum Gasteiger partial charge on any atom is 0.242 e. The molecule has 0 fully saturated rings. The lowest BCUT2D eigenvalue weighted by molar-refractivity contribution is -0.132. The predicted octanol–water partition coefficient (Wildman–Crippen LogP) is 3.66. The van der Waals surface area contributed by atoms with E-state index in [1.807, 2.05) is 33.9 Å². The lowest BCUT2D eigenvalue weighted by atomic mass is 10.00. The van der Waals surface area contributed by atoms with Gasteiger partial charge in [-0.3, -0.25) is 4.79 Å². The molecule has 4 rings (SSSR count). The molecule has 1 aromatic heterocycles. The molecule has 2 aromatic carbocycles. The van der Waals surface area contributed by atoms with Crippen LogP contribution in [0.4, 0.5) is 0 Å². The summed E-state index contributed by atoms with van der Waals surface area (Å²) >= 11 is 0. The van der Waals surface area contributed by atoms with Crippen LogP contribution in [0.3, 0.4) is 0 Å². The van der Waals surface area contributed by atoms with E-state index in [9.17, 15) is 10.1 Å². The van der Waals surface area contributed by atoms with Crippen LogP contribution in [0.25, 0.3) is 10.9 Å². The number of benzene rings is 2. The number of amides is 1. The molecule has 0 unspecified atom stereocenters. The topological polar surface area (TPSA) is 49.0 Å². The van der Waals surface area contributed by atoms with Crippen molar-refractivity contribution in [1.29, 1.82) is 5.26 Å². The number of fused-ring (bicyclic) bond motifs is 2. The van der Waals surface area contributed by atoms with Crippen molar-refractivity contribution in [2.24, 2.45) is 0 Å². The zero-order chi connectivity index (χ0) is 18.1. The van der Waals surface area contributed by atoms with Crippen molar-refractivity contribution in [2.75, 3.05) is 6.54 Å². The van der Waals surface area contributed by atoms with Crippen LogP contribution in [-0.2, 0) is 30.7 Å². The van der Waals surface area contributed by atoms with Crippen LogP contribution >= 0.6 is 0 Å². The highest BCUT2D eigenvalue weighted by molar-refractivity contribution is 5.90. The number of aromatic nitrogens is 1. The molecule has 4 heteroatoms. The Balaban J connectivity index is 1.64. The summed E-state index contributed by atoms with van der Waals surface area (Å²) in [5.41, 5.74) is 5.38. The summed E-state index contributed by atoms with van der Waals surface area (Å²) < 4.78 is 1.95. The first-order valence-corrected chi connectivity index (χ1v) is 9.06. The van der Waals surface area contributed by atoms with Crippen LogP contribution in [-0.4, -0.2) is 21.9 Å². The molecule has 26 heavy (non-hydrogen) atoms. The van der Waals surface area contributed by atoms with E-state index in [1.54, 1.807) is 0 Å². The standard InChI is InChI=1S/C22H21N3O/c1-2-16-8-5-9-20-19(12-23)14-25(22(16)20)15-21(26)24-11-10-17-6-3-4-7-18(17)13-24/h3-9,14H,2,10-11,13,15H2,1H3. The van der Waals surface area contributed by atoms with E-state index in [-0.39, 0.29) is 12.5 Å². The van der Waals surface area contributed by atoms with Gasteiger partial charge >= 0.3 is 0 Å². The molecule has 2 heterocycles. The molecule has 0 spiro atoms. The summed E-state index contributed by atoms with van der Waals surface area (Å²) in [4.78, 5) is 14.9. The fourth-order valence-electron chi connectivity index (χ4n) is 3.89. The minimum Gasteiger partial charge on any atom is -0.336 e. The third-order valence-electron chi connectivity index (χ3n) is 5.27. The van der Waals surface area contributed by atoms with E-state index in [0.29, 0.717) is 12.1 Å². The molecule has 1 aliphatic rings. The number of aryl methyl sites for hydroxylation is 1. The Morgan fingerprint density at radius 2 is 1.96 bits per heavy atom. The second kappa shape index (κ2) is 6.68. The summed E-state index contributed by atoms with van der Waals surface area (Å²) in [5.74, 6) is 0.104. The van der Waals surface area contributed by atoms with Gasteiger partial charge in [0.2, 0.25) is 5.91 Å². The highest BCUT2D eigenvalue weighted by Crippen LogP contribution is 2.26. The summed E-state index contributed by atoms with van der Waals surface area (Å²) in [6.45, 7) is 3.79. The summed E-state index contributed by atoms with van der Waals surface area (Å²) in [6.07, 6.45) is 3.59. The SMILES string of the molecule is CCc1cccc2c(C#N)cn(CC(=O)N3CCc4ccccc4C3)c12. The van der Waals surface area contributed by atoms with Gasteiger partial charge in [0, 0.05) is 24.7 Å². The van der Waals surface area contributed by atoms with Crippen LogP contribution in [0.2, 0.25) is 0 Å². The van der Waals surface area contributed by atoms with Gasteiger partial charge in [-0.15, -0.1) is 0 Å². The molecule has 0 aliphatic carbocycles. The van der Waals surface area contributed by atoms with Crippen LogP contribution < -0.4 is 0 Å². The zero-order valence-corrected chi connectivity index (χ0v) is 14.9. The molecular formula is C22H21N3O. The quantitative estimate of drug-likeness (QED) is 0.729. The number of carbonyl (C=O) groups excluding carboxylic acids is 1. The van der Waals surface area contributed by atoms with Crippen molar-refractivity contribution in [3.8, 4) is 6.07 Å². The van der Waals surface area contributed by atoms with Gasteiger partial charge in [-0.1, -0.05) is 49.4 Å². The van der Waals surface area contributed by atoms with Crippen LogP contribution in [0.5, 0.6) is 0 Å². The monoisotopic (exact) mass is 343 g/mol. The van der Waals surface area contributed by atoms with Gasteiger partial charge < -0.3 is 9.47 Å². The molecular weight excluding hydrogens is 322 g/mol. The minimum absolute atomic E-state index is 0.104. The number of nitrogens with zero attached hydrogens (tertiary/aromatic N) is 3. The lowest BCUT2D eigenvalue weighted by Gasteiger charge is -2.29. The first-order chi connectivity index (χ1) is 12.7. The van der Waals surface area contributed by atoms with Gasteiger partial charge in [0.15, 0.2) is 0 Å². The first-order valence-electron chi connectivity index (χ1n) is 9.06. The average Bonchev–Trinajstić information content (AvgIpc) is 3.05. The first kappa shape index (κ1) is 16.4. The van der Waals surface area contributed by atoms with Crippen LogP contribution in [0.15, 0.2) is 48.7 Å². The number of hydrogen-bond acceptors (Lipinski definition) is 2. The predicted molar refractivity (Wildman–Crippen MR) is 102 cm³/mol. The number of hydrogen-bond donors (Lipinski definition) is 0. The molecule has 0 saturated heterocycles. The summed E-state index contributed by atoms with van der Waals surface area (Å²) in [6, 6.07) is 16.6. The fourth-order valence-corrected chi connectivity index (χ4v) is 3.89. The molecule has 0 N–H and O–H groups in total. The largest absolute Gasteiger partial charge is 0.336 e. The third-order valence-corrected chi connectivity index (χ3v) is 5.27. The van der Waals surface area contributed by atoms with E-state index in [2.05, 4.69) is 37.3 Å². The van der Waals surface area contributed by atoms with Gasteiger partial charge in [-0.25, -0.2) is 0 Å². The van der Waals surface area contributed by atoms with Crippen molar-refractivity contribution in [3.05, 3.63) is 70.9 Å². The van der Waals surface area contributed by atoms with Gasteiger partial charge in [0.25, 0.3) is 0 Å². The normalized spacial score (nSPS) is 13.5. The van der Waals surface area contributed by atoms with E-state index in [1.165, 1.54) is 16.7 Å². The highest BCUT2D eigenvalue weighted by Gasteiger charge is 2.22. The van der Waals surface area contributed by atoms with E-state index in [4.69, 9.17) is 0 Å². The van der Waals surface area contributed by atoms with Gasteiger partial charge in [-0.05, 0) is 29.5 Å². The van der Waals surface area contributed by atoms with Crippen molar-refractivity contribution >= 4 is 16.8 Å². The van der Waals surface area contributed by atoms with E-state index in [0.717, 1.165) is 30.3 Å². The van der Waals surface area contributed by atoms with E-state index >= 15 is 0 Å². The Morgan fingerprint density at radius 3 is 2.73 bits per heavy atom. The molecule has 3 aromatic rings. The maximum atomic E-state index is 12.9. The molecule has 1 aliphatic heterocycles. The van der Waals surface area contributed by atoms with Crippen molar-refractivity contribution in [3.63, 3.8) is 0 Å². The van der Waals surface area contributed by atoms with Gasteiger partial charge in [0.05, 0.1) is 11.1 Å². The Hall–Kier alpha value is -3.06. The second-order valence-corrected chi connectivity index (χ2v) is 6.78. The fraction of sp³-hybridized carbons (Fsp3) is 0.273. The average molecular weight is 343 g/mol. The third kappa shape index (κ3) is 2.76. The number of carbonyl (C=O) groups is 1. The minimum atomic E-state index is 0.104. The Kier molecular flexibility index (Phi) is 4.22. The number of para-hydroxylation sites is 1. The van der Waals surface area contributed by atoms with Crippen LogP contribution in [0, 0.1) is 11.3 Å². The summed E-state index contributed by atoms with van der Waals surface area (Å²) in [7, 11) is 0. The van der Waals surface area contributed by atoms with Crippen molar-refractivity contribution < 1.29 is 4.79 Å². The molecule has 1 amide bonds. The Bertz CT molecular complexity index is 1030. The van der Waals surface area contributed by atoms with Gasteiger partial charge in [-0.2, -0.15) is 5.26 Å². The molecule has 0 radical (unpaired) electrons. The Labute approximate surface area is 153 Å². The van der Waals surface area contributed by atoms with Crippen LogP contribution in [0.1, 0.15) is 29.2 Å². The number of nitriles is 1. The summed E-state index contributed by atoms with van der Waals surface area (Å²) in [5, 5.41) is 10.4. The molecule has 0 bridgehead atoms. The Morgan fingerprint density at radius 1 is 1.15 bits per heavy atom. The maximum absolute atomic E-state index is 12.9. The highest BCUT2D eigenvalue weighted by atomic mass is 16.2. The smallest absolute Gasteiger partial charge is 0.242 e. The lowest BCUT2D eigenvalue weighted by Crippen LogP contribution is -2.37. The van der Waals surface area contributed by atoms with Crippen molar-refractivity contribution in [2.45, 2.75) is 32.9 Å². The molecule has 0 atom stereocenters. The molecule has 0 saturated carbocycles. The molecule has 130 valence electrons. The van der Waals surface area contributed by atoms with Crippen molar-refractivity contribution in [1.82, 2.24) is 9.47 Å². The second-order valence-electron chi connectivity index (χ2n) is 6.78.